The summed E-state index contributed by atoms with van der Waals surface area (Å²) in [6.07, 6.45) is -0.307. The second-order valence-corrected chi connectivity index (χ2v) is 5.98. The van der Waals surface area contributed by atoms with Gasteiger partial charge in [0, 0.05) is 15.9 Å². The van der Waals surface area contributed by atoms with Crippen LogP contribution in [0, 0.1) is 0 Å². The molecule has 1 N–H and O–H groups in total. The first-order valence-corrected chi connectivity index (χ1v) is 7.29. The third kappa shape index (κ3) is 3.31. The summed E-state index contributed by atoms with van der Waals surface area (Å²) < 4.78 is 6.18. The molecule has 19 heavy (non-hydrogen) atoms. The summed E-state index contributed by atoms with van der Waals surface area (Å²) in [5.74, 6) is -0.0722. The number of thiol groups is 1. The van der Waals surface area contributed by atoms with Crippen LogP contribution in [0.2, 0.25) is 0 Å². The summed E-state index contributed by atoms with van der Waals surface area (Å²) in [5.41, 5.74) is 0.581. The van der Waals surface area contributed by atoms with Gasteiger partial charge in [-0.25, -0.2) is 0 Å². The molecule has 1 aromatic rings. The number of carbonyl (C=O) groups excluding carboxylic acids is 1. The number of morpholine rings is 1. The minimum absolute atomic E-state index is 0.00854. The number of ether oxygens (including phenoxy) is 1. The molecular weight excluding hydrogens is 330 g/mol. The minimum Gasteiger partial charge on any atom is -0.394 e. The Bertz CT molecular complexity index is 483. The van der Waals surface area contributed by atoms with E-state index >= 15 is 0 Å². The van der Waals surface area contributed by atoms with Gasteiger partial charge in [-0.2, -0.15) is 0 Å². The van der Waals surface area contributed by atoms with E-state index in [4.69, 9.17) is 9.84 Å². The maximum Gasteiger partial charge on any atom is 0.255 e. The maximum atomic E-state index is 12.6. The lowest BCUT2D eigenvalue weighted by Gasteiger charge is -2.37. The molecular formula is C13H16BrNO3S. The Morgan fingerprint density at radius 2 is 2.37 bits per heavy atom. The quantitative estimate of drug-likeness (QED) is 0.805. The molecule has 1 saturated heterocycles. The zero-order valence-electron chi connectivity index (χ0n) is 10.5. The van der Waals surface area contributed by atoms with Crippen LogP contribution in [0.1, 0.15) is 17.3 Å². The average Bonchev–Trinajstić information content (AvgIpc) is 2.41. The average molecular weight is 346 g/mol. The normalized spacial score (nSPS) is 23.5. The fraction of sp³-hybridized carbons (Fsp3) is 0.462. The molecule has 0 saturated carbocycles. The second kappa shape index (κ2) is 6.26. The number of hydrogen-bond donors (Lipinski definition) is 2. The zero-order valence-corrected chi connectivity index (χ0v) is 13.0. The largest absolute Gasteiger partial charge is 0.394 e. The molecule has 1 heterocycles. The molecule has 0 bridgehead atoms. The Morgan fingerprint density at radius 3 is 3.05 bits per heavy atom. The van der Waals surface area contributed by atoms with Crippen molar-refractivity contribution in [2.24, 2.45) is 0 Å². The van der Waals surface area contributed by atoms with Crippen molar-refractivity contribution in [2.45, 2.75) is 24.0 Å². The first-order valence-electron chi connectivity index (χ1n) is 6.05. The number of rotatable bonds is 2. The van der Waals surface area contributed by atoms with Crippen molar-refractivity contribution in [2.75, 3.05) is 19.8 Å². The Morgan fingerprint density at radius 1 is 1.63 bits per heavy atom. The van der Waals surface area contributed by atoms with E-state index in [9.17, 15) is 4.79 Å². The van der Waals surface area contributed by atoms with Crippen molar-refractivity contribution in [1.82, 2.24) is 4.90 Å². The number of benzene rings is 1. The second-order valence-electron chi connectivity index (χ2n) is 4.61. The number of amides is 1. The van der Waals surface area contributed by atoms with Crippen LogP contribution in [0.25, 0.3) is 0 Å². The van der Waals surface area contributed by atoms with Gasteiger partial charge in [0.05, 0.1) is 30.9 Å². The molecule has 0 radical (unpaired) electrons. The van der Waals surface area contributed by atoms with E-state index in [1.54, 1.807) is 11.0 Å². The van der Waals surface area contributed by atoms with E-state index in [0.717, 1.165) is 9.37 Å². The van der Waals surface area contributed by atoms with E-state index in [1.165, 1.54) is 0 Å². The lowest BCUT2D eigenvalue weighted by molar-refractivity contribution is -0.0667. The first-order chi connectivity index (χ1) is 9.02. The van der Waals surface area contributed by atoms with Crippen LogP contribution in [-0.2, 0) is 4.74 Å². The fourth-order valence-electron chi connectivity index (χ4n) is 2.04. The van der Waals surface area contributed by atoms with Gasteiger partial charge in [0.1, 0.15) is 0 Å². The van der Waals surface area contributed by atoms with E-state index in [0.29, 0.717) is 18.7 Å². The molecule has 2 atom stereocenters. The number of nitrogens with zero attached hydrogens (tertiary/aromatic N) is 1. The number of aliphatic hydroxyl groups excluding tert-OH is 1. The molecule has 104 valence electrons. The van der Waals surface area contributed by atoms with Gasteiger partial charge in [-0.05, 0) is 41.1 Å². The van der Waals surface area contributed by atoms with Crippen LogP contribution in [0.3, 0.4) is 0 Å². The number of carbonyl (C=O) groups is 1. The van der Waals surface area contributed by atoms with Gasteiger partial charge in [-0.1, -0.05) is 0 Å². The molecule has 1 amide bonds. The molecule has 0 aromatic heterocycles. The summed E-state index contributed by atoms with van der Waals surface area (Å²) >= 11 is 7.65. The summed E-state index contributed by atoms with van der Waals surface area (Å²) in [4.78, 5) is 15.0. The third-order valence-corrected chi connectivity index (χ3v) is 4.12. The van der Waals surface area contributed by atoms with Gasteiger partial charge in [-0.3, -0.25) is 4.79 Å². The predicted octanol–water partition coefficient (Wildman–Crippen LogP) is 1.96. The molecule has 1 aliphatic rings. The van der Waals surface area contributed by atoms with Crippen molar-refractivity contribution < 1.29 is 14.6 Å². The smallest absolute Gasteiger partial charge is 0.255 e. The van der Waals surface area contributed by atoms with Gasteiger partial charge in [0.15, 0.2) is 0 Å². The third-order valence-electron chi connectivity index (χ3n) is 3.15. The van der Waals surface area contributed by atoms with E-state index in [2.05, 4.69) is 28.6 Å². The van der Waals surface area contributed by atoms with Crippen LogP contribution in [0.4, 0.5) is 0 Å². The van der Waals surface area contributed by atoms with Gasteiger partial charge in [0.25, 0.3) is 5.91 Å². The number of halogens is 1. The monoisotopic (exact) mass is 345 g/mol. The van der Waals surface area contributed by atoms with Crippen LogP contribution >= 0.6 is 28.6 Å². The summed E-state index contributed by atoms with van der Waals surface area (Å²) in [6.45, 7) is 2.70. The highest BCUT2D eigenvalue weighted by Gasteiger charge is 2.30. The Balaban J connectivity index is 2.24. The van der Waals surface area contributed by atoms with Crippen LogP contribution in [0.5, 0.6) is 0 Å². The summed E-state index contributed by atoms with van der Waals surface area (Å²) in [5, 5.41) is 9.16. The van der Waals surface area contributed by atoms with Gasteiger partial charge < -0.3 is 14.7 Å². The van der Waals surface area contributed by atoms with E-state index < -0.39 is 0 Å². The highest BCUT2D eigenvalue weighted by Crippen LogP contribution is 2.24. The van der Waals surface area contributed by atoms with Crippen molar-refractivity contribution in [3.63, 3.8) is 0 Å². The number of aliphatic hydroxyl groups is 1. The molecule has 2 rings (SSSR count). The number of hydrogen-bond acceptors (Lipinski definition) is 4. The van der Waals surface area contributed by atoms with Crippen LogP contribution in [-0.4, -0.2) is 47.8 Å². The zero-order chi connectivity index (χ0) is 14.0. The standard InChI is InChI=1S/C13H16BrNO3S/c1-8-7-18-9(6-16)5-15(8)13(17)11-4-10(19)2-3-12(11)14/h2-4,8-9,16,19H,5-7H2,1H3. The van der Waals surface area contributed by atoms with Gasteiger partial charge >= 0.3 is 0 Å². The Labute approximate surface area is 126 Å². The molecule has 2 unspecified atom stereocenters. The van der Waals surface area contributed by atoms with Gasteiger partial charge in [-0.15, -0.1) is 12.6 Å². The molecule has 1 aliphatic heterocycles. The highest BCUT2D eigenvalue weighted by atomic mass is 79.9. The highest BCUT2D eigenvalue weighted by molar-refractivity contribution is 9.10. The summed E-state index contributed by atoms with van der Waals surface area (Å²) in [6, 6.07) is 5.37. The van der Waals surface area contributed by atoms with E-state index in [1.807, 2.05) is 19.1 Å². The predicted molar refractivity (Wildman–Crippen MR) is 78.7 cm³/mol. The molecule has 1 aromatic carbocycles. The van der Waals surface area contributed by atoms with Gasteiger partial charge in [0.2, 0.25) is 0 Å². The summed E-state index contributed by atoms with van der Waals surface area (Å²) in [7, 11) is 0. The first kappa shape index (κ1) is 14.8. The maximum absolute atomic E-state index is 12.6. The van der Waals surface area contributed by atoms with Crippen molar-refractivity contribution in [3.8, 4) is 0 Å². The van der Waals surface area contributed by atoms with E-state index in [-0.39, 0.29) is 24.7 Å². The molecule has 1 fully saturated rings. The molecule has 4 nitrogen and oxygen atoms in total. The lowest BCUT2D eigenvalue weighted by Crippen LogP contribution is -2.52. The van der Waals surface area contributed by atoms with Crippen molar-refractivity contribution in [3.05, 3.63) is 28.2 Å². The van der Waals surface area contributed by atoms with Crippen molar-refractivity contribution >= 4 is 34.5 Å². The molecule has 0 aliphatic carbocycles. The Hall–Kier alpha value is -0.560. The SMILES string of the molecule is CC1COC(CO)CN1C(=O)c1cc(S)ccc1Br. The molecule has 0 spiro atoms. The molecule has 6 heteroatoms. The Kier molecular flexibility index (Phi) is 4.89. The van der Waals surface area contributed by atoms with Crippen molar-refractivity contribution in [1.29, 1.82) is 0 Å². The van der Waals surface area contributed by atoms with Crippen LogP contribution in [0.15, 0.2) is 27.6 Å². The van der Waals surface area contributed by atoms with Crippen LogP contribution < -0.4 is 0 Å². The lowest BCUT2D eigenvalue weighted by atomic mass is 10.1. The topological polar surface area (TPSA) is 49.8 Å². The minimum atomic E-state index is -0.307. The fourth-order valence-corrected chi connectivity index (χ4v) is 2.66.